The zero-order valence-corrected chi connectivity index (χ0v) is 19.5. The Bertz CT molecular complexity index is 1280. The molecule has 0 aliphatic rings. The SMILES string of the molecule is O=C(CSc1cccc(NC(=O)c2ccc(C(=O)O)cc2C(=O)O)c1)Nc1cc(Cl)cc(Cl)c1. The van der Waals surface area contributed by atoms with Crippen molar-refractivity contribution in [2.45, 2.75) is 4.90 Å². The van der Waals surface area contributed by atoms with Crippen LogP contribution >= 0.6 is 35.0 Å². The number of carbonyl (C=O) groups excluding carboxylic acids is 2. The van der Waals surface area contributed by atoms with Gasteiger partial charge in [0.15, 0.2) is 0 Å². The highest BCUT2D eigenvalue weighted by Gasteiger charge is 2.19. The van der Waals surface area contributed by atoms with E-state index in [0.717, 1.165) is 18.2 Å². The lowest BCUT2D eigenvalue weighted by molar-refractivity contribution is -0.113. The molecule has 2 amide bonds. The molecule has 3 aromatic rings. The zero-order valence-electron chi connectivity index (χ0n) is 17.2. The third-order valence-electron chi connectivity index (χ3n) is 4.35. The van der Waals surface area contributed by atoms with Gasteiger partial charge in [-0.1, -0.05) is 29.3 Å². The average molecular weight is 519 g/mol. The maximum atomic E-state index is 12.6. The van der Waals surface area contributed by atoms with Crippen molar-refractivity contribution in [3.63, 3.8) is 0 Å². The molecule has 4 N–H and O–H groups in total. The molecular formula is C23H16Cl2N2O6S. The standard InChI is InChI=1S/C23H16Cl2N2O6S/c24-13-7-14(25)9-16(8-13)26-20(28)11-34-17-3-1-2-15(10-17)27-21(29)18-5-4-12(22(30)31)6-19(18)23(32)33/h1-10H,11H2,(H,26,28)(H,27,29)(H,30,31)(H,32,33). The number of aromatic carboxylic acids is 2. The van der Waals surface area contributed by atoms with Crippen molar-refractivity contribution in [3.05, 3.63) is 87.4 Å². The molecule has 0 aromatic heterocycles. The van der Waals surface area contributed by atoms with Crippen LogP contribution in [0.4, 0.5) is 11.4 Å². The number of nitrogens with one attached hydrogen (secondary N) is 2. The quantitative estimate of drug-likeness (QED) is 0.294. The van der Waals surface area contributed by atoms with Gasteiger partial charge in [0, 0.05) is 26.3 Å². The van der Waals surface area contributed by atoms with E-state index in [2.05, 4.69) is 10.6 Å². The largest absolute Gasteiger partial charge is 0.478 e. The summed E-state index contributed by atoms with van der Waals surface area (Å²) >= 11 is 13.1. The second kappa shape index (κ2) is 11.1. The first-order valence-corrected chi connectivity index (χ1v) is 11.3. The molecule has 3 rings (SSSR count). The molecule has 0 heterocycles. The number of carboxylic acid groups (broad SMARTS) is 2. The topological polar surface area (TPSA) is 133 Å². The van der Waals surface area contributed by atoms with Gasteiger partial charge < -0.3 is 20.8 Å². The Morgan fingerprint density at radius 2 is 1.47 bits per heavy atom. The summed E-state index contributed by atoms with van der Waals surface area (Å²) in [6.45, 7) is 0. The summed E-state index contributed by atoms with van der Waals surface area (Å²) in [5, 5.41) is 24.5. The fraction of sp³-hybridized carbons (Fsp3) is 0.0435. The van der Waals surface area contributed by atoms with Crippen LogP contribution in [-0.4, -0.2) is 39.7 Å². The van der Waals surface area contributed by atoms with Gasteiger partial charge in [0.2, 0.25) is 5.91 Å². The molecule has 0 spiro atoms. The minimum Gasteiger partial charge on any atom is -0.478 e. The highest BCUT2D eigenvalue weighted by atomic mass is 35.5. The summed E-state index contributed by atoms with van der Waals surface area (Å²) in [5.41, 5.74) is -0.0237. The predicted octanol–water partition coefficient (Wildman–Crippen LogP) is 5.37. The van der Waals surface area contributed by atoms with Crippen molar-refractivity contribution >= 4 is 70.1 Å². The van der Waals surface area contributed by atoms with Gasteiger partial charge in [-0.15, -0.1) is 11.8 Å². The lowest BCUT2D eigenvalue weighted by atomic mass is 10.0. The summed E-state index contributed by atoms with van der Waals surface area (Å²) in [4.78, 5) is 48.2. The first-order valence-electron chi connectivity index (χ1n) is 9.53. The molecule has 0 radical (unpaired) electrons. The van der Waals surface area contributed by atoms with Gasteiger partial charge in [-0.2, -0.15) is 0 Å². The van der Waals surface area contributed by atoms with Crippen LogP contribution in [-0.2, 0) is 4.79 Å². The highest BCUT2D eigenvalue weighted by Crippen LogP contribution is 2.25. The lowest BCUT2D eigenvalue weighted by Crippen LogP contribution is -2.17. The van der Waals surface area contributed by atoms with Crippen molar-refractivity contribution in [2.75, 3.05) is 16.4 Å². The summed E-state index contributed by atoms with van der Waals surface area (Å²) in [6.07, 6.45) is 0. The number of carboxylic acids is 2. The Labute approximate surface area is 207 Å². The number of halogens is 2. The lowest BCUT2D eigenvalue weighted by Gasteiger charge is -2.10. The number of carbonyl (C=O) groups is 4. The van der Waals surface area contributed by atoms with E-state index >= 15 is 0 Å². The Morgan fingerprint density at radius 3 is 2.12 bits per heavy atom. The van der Waals surface area contributed by atoms with Crippen molar-refractivity contribution in [3.8, 4) is 0 Å². The molecule has 0 aliphatic heterocycles. The van der Waals surface area contributed by atoms with Gasteiger partial charge >= 0.3 is 11.9 Å². The van der Waals surface area contributed by atoms with Crippen LogP contribution < -0.4 is 10.6 Å². The third kappa shape index (κ3) is 6.74. The van der Waals surface area contributed by atoms with Crippen molar-refractivity contribution in [1.82, 2.24) is 0 Å². The normalized spacial score (nSPS) is 10.4. The Balaban J connectivity index is 1.66. The number of rotatable bonds is 8. The van der Waals surface area contributed by atoms with Gasteiger partial charge in [0.25, 0.3) is 5.91 Å². The molecule has 0 aliphatic carbocycles. The van der Waals surface area contributed by atoms with Crippen molar-refractivity contribution in [1.29, 1.82) is 0 Å². The molecule has 11 heteroatoms. The Hall–Kier alpha value is -3.53. The summed E-state index contributed by atoms with van der Waals surface area (Å²) in [7, 11) is 0. The fourth-order valence-corrected chi connectivity index (χ4v) is 4.17. The second-order valence-corrected chi connectivity index (χ2v) is 8.77. The van der Waals surface area contributed by atoms with Crippen LogP contribution in [0.15, 0.2) is 65.6 Å². The van der Waals surface area contributed by atoms with Crippen LogP contribution in [0.1, 0.15) is 31.1 Å². The van der Waals surface area contributed by atoms with Crippen molar-refractivity contribution < 1.29 is 29.4 Å². The van der Waals surface area contributed by atoms with E-state index in [1.54, 1.807) is 42.5 Å². The molecule has 0 bridgehead atoms. The van der Waals surface area contributed by atoms with Crippen molar-refractivity contribution in [2.24, 2.45) is 0 Å². The number of hydrogen-bond donors (Lipinski definition) is 4. The molecule has 34 heavy (non-hydrogen) atoms. The minimum absolute atomic E-state index is 0.0708. The van der Waals surface area contributed by atoms with Gasteiger partial charge in [-0.05, 0) is 54.6 Å². The Morgan fingerprint density at radius 1 is 0.765 bits per heavy atom. The van der Waals surface area contributed by atoms with E-state index in [0.29, 0.717) is 26.3 Å². The number of hydrogen-bond acceptors (Lipinski definition) is 5. The predicted molar refractivity (Wildman–Crippen MR) is 131 cm³/mol. The fourth-order valence-electron chi connectivity index (χ4n) is 2.89. The second-order valence-electron chi connectivity index (χ2n) is 6.85. The van der Waals surface area contributed by atoms with Gasteiger partial charge in [-0.3, -0.25) is 9.59 Å². The maximum Gasteiger partial charge on any atom is 0.336 e. The van der Waals surface area contributed by atoms with Crippen LogP contribution in [0.3, 0.4) is 0 Å². The van der Waals surface area contributed by atoms with Gasteiger partial charge in [0.1, 0.15) is 0 Å². The van der Waals surface area contributed by atoms with Crippen LogP contribution in [0.5, 0.6) is 0 Å². The summed E-state index contributed by atoms with van der Waals surface area (Å²) in [6, 6.07) is 14.5. The summed E-state index contributed by atoms with van der Waals surface area (Å²) < 4.78 is 0. The van der Waals surface area contributed by atoms with E-state index in [9.17, 15) is 24.3 Å². The highest BCUT2D eigenvalue weighted by molar-refractivity contribution is 8.00. The molecule has 0 saturated carbocycles. The summed E-state index contributed by atoms with van der Waals surface area (Å²) in [5.74, 6) is -3.66. The monoisotopic (exact) mass is 518 g/mol. The van der Waals surface area contributed by atoms with Gasteiger partial charge in [-0.25, -0.2) is 9.59 Å². The molecule has 8 nitrogen and oxygen atoms in total. The minimum atomic E-state index is -1.43. The van der Waals surface area contributed by atoms with Crippen LogP contribution in [0, 0.1) is 0 Å². The number of benzene rings is 3. The first kappa shape index (κ1) is 25.1. The number of thioether (sulfide) groups is 1. The van der Waals surface area contributed by atoms with Crippen LogP contribution in [0.2, 0.25) is 10.0 Å². The number of anilines is 2. The smallest absolute Gasteiger partial charge is 0.336 e. The number of amides is 2. The first-order chi connectivity index (χ1) is 16.1. The third-order valence-corrected chi connectivity index (χ3v) is 5.78. The molecule has 174 valence electrons. The van der Waals surface area contributed by atoms with Gasteiger partial charge in [0.05, 0.1) is 22.4 Å². The molecule has 0 unspecified atom stereocenters. The molecule has 3 aromatic carbocycles. The molecular weight excluding hydrogens is 503 g/mol. The van der Waals surface area contributed by atoms with E-state index in [4.69, 9.17) is 28.3 Å². The van der Waals surface area contributed by atoms with E-state index < -0.39 is 23.4 Å². The van der Waals surface area contributed by atoms with E-state index in [1.165, 1.54) is 11.8 Å². The maximum absolute atomic E-state index is 12.6. The molecule has 0 atom stereocenters. The Kier molecular flexibility index (Phi) is 8.17. The van der Waals surface area contributed by atoms with E-state index in [-0.39, 0.29) is 22.8 Å². The van der Waals surface area contributed by atoms with Crippen LogP contribution in [0.25, 0.3) is 0 Å². The average Bonchev–Trinajstić information content (AvgIpc) is 2.76. The molecule has 0 saturated heterocycles. The van der Waals surface area contributed by atoms with E-state index in [1.807, 2.05) is 0 Å². The molecule has 0 fully saturated rings. The zero-order chi connectivity index (χ0) is 24.8.